The lowest BCUT2D eigenvalue weighted by Crippen LogP contribution is -2.27. The fraction of sp³-hybridized carbons (Fsp3) is 0.250. The Morgan fingerprint density at radius 3 is 2.24 bits per heavy atom. The monoisotopic (exact) mass is 405 g/mol. The Labute approximate surface area is 165 Å². The van der Waals surface area contributed by atoms with Crippen molar-refractivity contribution in [2.45, 2.75) is 32.5 Å². The lowest BCUT2D eigenvalue weighted by Gasteiger charge is -2.22. The van der Waals surface area contributed by atoms with Crippen LogP contribution in [0.5, 0.6) is 0 Å². The zero-order valence-electron chi connectivity index (χ0n) is 16.0. The molecule has 3 rings (SSSR count). The molecule has 0 saturated carbocycles. The molecule has 0 atom stereocenters. The molecule has 0 amide bonds. The second-order valence-corrected chi connectivity index (χ2v) is 7.36. The molecule has 0 aliphatic carbocycles. The fourth-order valence-corrected chi connectivity index (χ4v) is 2.59. The molecule has 152 valence electrons. The quantitative estimate of drug-likeness (QED) is 0.549. The largest absolute Gasteiger partial charge is 0.418 e. The van der Waals surface area contributed by atoms with Gasteiger partial charge in [-0.15, -0.1) is 0 Å². The highest BCUT2D eigenvalue weighted by Gasteiger charge is 2.35. The summed E-state index contributed by atoms with van der Waals surface area (Å²) in [4.78, 5) is 12.6. The van der Waals surface area contributed by atoms with Gasteiger partial charge in [-0.05, 0) is 45.0 Å². The molecule has 2 aromatic heterocycles. The van der Waals surface area contributed by atoms with E-state index in [1.807, 2.05) is 20.8 Å². The molecule has 9 heteroatoms. The molecular formula is C20H19F4N5. The van der Waals surface area contributed by atoms with Gasteiger partial charge in [0.15, 0.2) is 0 Å². The number of nitrogens with one attached hydrogen (secondary N) is 2. The average Bonchev–Trinajstić information content (AvgIpc) is 2.61. The number of nitrogens with zero attached hydrogens (tertiary/aromatic N) is 3. The zero-order chi connectivity index (χ0) is 21.2. The number of pyridine rings is 1. The number of anilines is 3. The summed E-state index contributed by atoms with van der Waals surface area (Å²) in [6.07, 6.45) is -1.59. The van der Waals surface area contributed by atoms with Crippen molar-refractivity contribution in [2.75, 3.05) is 10.6 Å². The molecule has 1 aromatic carbocycles. The van der Waals surface area contributed by atoms with Crippen LogP contribution in [0.4, 0.5) is 35.0 Å². The summed E-state index contributed by atoms with van der Waals surface area (Å²) in [7, 11) is 0. The molecule has 0 fully saturated rings. The van der Waals surface area contributed by atoms with Gasteiger partial charge in [-0.25, -0.2) is 9.37 Å². The third-order valence-corrected chi connectivity index (χ3v) is 3.76. The molecule has 29 heavy (non-hydrogen) atoms. The average molecular weight is 405 g/mol. The number of rotatable bonds is 4. The molecule has 0 aliphatic rings. The van der Waals surface area contributed by atoms with Gasteiger partial charge in [-0.3, -0.25) is 4.98 Å². The number of hydrogen-bond acceptors (Lipinski definition) is 5. The van der Waals surface area contributed by atoms with Crippen molar-refractivity contribution >= 4 is 17.5 Å². The fourth-order valence-electron chi connectivity index (χ4n) is 2.59. The van der Waals surface area contributed by atoms with Crippen molar-refractivity contribution in [1.82, 2.24) is 15.0 Å². The first-order valence-electron chi connectivity index (χ1n) is 8.73. The second kappa shape index (κ2) is 7.65. The number of alkyl halides is 3. The summed E-state index contributed by atoms with van der Waals surface area (Å²) >= 11 is 0. The van der Waals surface area contributed by atoms with E-state index < -0.39 is 28.8 Å². The molecule has 0 spiro atoms. The molecule has 0 saturated heterocycles. The van der Waals surface area contributed by atoms with Gasteiger partial charge in [0.25, 0.3) is 0 Å². The van der Waals surface area contributed by atoms with E-state index in [4.69, 9.17) is 0 Å². The van der Waals surface area contributed by atoms with Crippen LogP contribution < -0.4 is 10.6 Å². The topological polar surface area (TPSA) is 62.7 Å². The summed E-state index contributed by atoms with van der Waals surface area (Å²) in [6.45, 7) is 5.67. The van der Waals surface area contributed by atoms with Gasteiger partial charge in [0.05, 0.1) is 16.9 Å². The maximum absolute atomic E-state index is 14.2. The number of hydrogen-bond donors (Lipinski definition) is 2. The van der Waals surface area contributed by atoms with E-state index >= 15 is 0 Å². The molecule has 2 N–H and O–H groups in total. The maximum Gasteiger partial charge on any atom is 0.418 e. The van der Waals surface area contributed by atoms with Crippen LogP contribution in [0.3, 0.4) is 0 Å². The summed E-state index contributed by atoms with van der Waals surface area (Å²) < 4.78 is 54.2. The summed E-state index contributed by atoms with van der Waals surface area (Å²) in [5, 5.41) is 5.57. The van der Waals surface area contributed by atoms with E-state index in [1.165, 1.54) is 6.07 Å². The van der Waals surface area contributed by atoms with E-state index in [9.17, 15) is 17.6 Å². The van der Waals surface area contributed by atoms with Gasteiger partial charge in [0, 0.05) is 29.6 Å². The SMILES string of the molecule is CC(C)(C)Nc1nc(Nc2c(F)cccc2C(F)(F)F)cc(-c2ccncc2)n1. The van der Waals surface area contributed by atoms with Crippen LogP contribution in [0.15, 0.2) is 48.8 Å². The smallest absolute Gasteiger partial charge is 0.350 e. The minimum atomic E-state index is -4.72. The van der Waals surface area contributed by atoms with Crippen molar-refractivity contribution in [1.29, 1.82) is 0 Å². The van der Waals surface area contributed by atoms with Crippen LogP contribution in [-0.2, 0) is 6.18 Å². The normalized spacial score (nSPS) is 12.0. The van der Waals surface area contributed by atoms with Gasteiger partial charge < -0.3 is 10.6 Å². The minimum Gasteiger partial charge on any atom is -0.350 e. The van der Waals surface area contributed by atoms with E-state index in [0.29, 0.717) is 11.3 Å². The predicted octanol–water partition coefficient (Wildman–Crippen LogP) is 5.65. The van der Waals surface area contributed by atoms with Crippen molar-refractivity contribution < 1.29 is 17.6 Å². The first-order chi connectivity index (χ1) is 13.5. The van der Waals surface area contributed by atoms with Crippen LogP contribution in [0, 0.1) is 5.82 Å². The number of halogens is 4. The second-order valence-electron chi connectivity index (χ2n) is 7.36. The van der Waals surface area contributed by atoms with E-state index in [0.717, 1.165) is 18.2 Å². The molecule has 0 unspecified atom stereocenters. The Hall–Kier alpha value is -3.23. The van der Waals surface area contributed by atoms with Crippen molar-refractivity contribution in [3.05, 3.63) is 60.2 Å². The van der Waals surface area contributed by atoms with E-state index in [2.05, 4.69) is 25.6 Å². The highest BCUT2D eigenvalue weighted by atomic mass is 19.4. The lowest BCUT2D eigenvalue weighted by atomic mass is 10.1. The molecule has 0 bridgehead atoms. The number of aromatic nitrogens is 3. The lowest BCUT2D eigenvalue weighted by molar-refractivity contribution is -0.137. The molecule has 2 heterocycles. The third kappa shape index (κ3) is 5.18. The highest BCUT2D eigenvalue weighted by Crippen LogP contribution is 2.37. The maximum atomic E-state index is 14.2. The molecular weight excluding hydrogens is 386 g/mol. The predicted molar refractivity (Wildman–Crippen MR) is 103 cm³/mol. The Balaban J connectivity index is 2.09. The number of benzene rings is 1. The molecule has 3 aromatic rings. The summed E-state index contributed by atoms with van der Waals surface area (Å²) in [6, 6.07) is 7.64. The van der Waals surface area contributed by atoms with Gasteiger partial charge >= 0.3 is 6.18 Å². The minimum absolute atomic E-state index is 0.0224. The van der Waals surface area contributed by atoms with Gasteiger partial charge in [-0.1, -0.05) is 6.07 Å². The van der Waals surface area contributed by atoms with Crippen LogP contribution in [0.25, 0.3) is 11.3 Å². The van der Waals surface area contributed by atoms with Crippen molar-refractivity contribution in [2.24, 2.45) is 0 Å². The first kappa shape index (κ1) is 20.5. The zero-order valence-corrected chi connectivity index (χ0v) is 16.0. The van der Waals surface area contributed by atoms with Gasteiger partial charge in [0.1, 0.15) is 11.6 Å². The van der Waals surface area contributed by atoms with Crippen LogP contribution >= 0.6 is 0 Å². The van der Waals surface area contributed by atoms with Crippen molar-refractivity contribution in [3.8, 4) is 11.3 Å². The highest BCUT2D eigenvalue weighted by molar-refractivity contribution is 5.69. The van der Waals surface area contributed by atoms with Crippen LogP contribution in [0.2, 0.25) is 0 Å². The summed E-state index contributed by atoms with van der Waals surface area (Å²) in [5.74, 6) is -0.817. The Bertz CT molecular complexity index is 998. The Kier molecular flexibility index (Phi) is 5.41. The Morgan fingerprint density at radius 2 is 1.62 bits per heavy atom. The van der Waals surface area contributed by atoms with E-state index in [1.54, 1.807) is 24.5 Å². The third-order valence-electron chi connectivity index (χ3n) is 3.76. The molecule has 0 radical (unpaired) electrons. The molecule has 5 nitrogen and oxygen atoms in total. The first-order valence-corrected chi connectivity index (χ1v) is 8.73. The summed E-state index contributed by atoms with van der Waals surface area (Å²) in [5.41, 5.74) is -1.08. The van der Waals surface area contributed by atoms with Gasteiger partial charge in [-0.2, -0.15) is 18.2 Å². The number of para-hydroxylation sites is 1. The Morgan fingerprint density at radius 1 is 0.931 bits per heavy atom. The van der Waals surface area contributed by atoms with Crippen molar-refractivity contribution in [3.63, 3.8) is 0 Å². The standard InChI is InChI=1S/C20H19F4N5/c1-19(2,3)29-18-26-15(12-7-9-25-10-8-12)11-16(28-18)27-17-13(20(22,23)24)5-4-6-14(17)21/h4-11H,1-3H3,(H2,26,27,28,29). The van der Waals surface area contributed by atoms with Gasteiger partial charge in [0.2, 0.25) is 5.95 Å². The molecule has 0 aliphatic heterocycles. The van der Waals surface area contributed by atoms with Crippen LogP contribution in [0.1, 0.15) is 26.3 Å². The van der Waals surface area contributed by atoms with E-state index in [-0.39, 0.29) is 11.8 Å². The van der Waals surface area contributed by atoms with Crippen LogP contribution in [-0.4, -0.2) is 20.5 Å².